The Hall–Kier alpha value is -3.25. The molecule has 7 nitrogen and oxygen atoms in total. The number of nitrogens with zero attached hydrogens (tertiary/aromatic N) is 3. The van der Waals surface area contributed by atoms with E-state index >= 15 is 0 Å². The van der Waals surface area contributed by atoms with Gasteiger partial charge in [-0.1, -0.05) is 12.1 Å². The molecule has 0 bridgehead atoms. The molecular weight excluding hydrogens is 356 g/mol. The first kappa shape index (κ1) is 17.2. The average molecular weight is 371 g/mol. The van der Waals surface area contributed by atoms with Crippen LogP contribution < -0.4 is 14.8 Å². The van der Waals surface area contributed by atoms with E-state index in [1.54, 1.807) is 18.3 Å². The van der Waals surface area contributed by atoms with Crippen LogP contribution in [0, 0.1) is 11.3 Å². The van der Waals surface area contributed by atoms with E-state index in [9.17, 15) is 14.0 Å². The quantitative estimate of drug-likeness (QED) is 0.716. The molecule has 1 aliphatic heterocycles. The summed E-state index contributed by atoms with van der Waals surface area (Å²) in [6.07, 6.45) is 3.68. The van der Waals surface area contributed by atoms with Crippen molar-refractivity contribution in [1.29, 1.82) is 5.26 Å². The van der Waals surface area contributed by atoms with Gasteiger partial charge in [-0.3, -0.25) is 0 Å². The fourth-order valence-corrected chi connectivity index (χ4v) is 3.08. The molecule has 1 fully saturated rings. The predicted molar refractivity (Wildman–Crippen MR) is 92.6 cm³/mol. The number of aromatic nitrogens is 3. The summed E-state index contributed by atoms with van der Waals surface area (Å²) in [6, 6.07) is 7.35. The maximum Gasteiger partial charge on any atom is 0.388 e. The molecule has 0 spiro atoms. The Labute approximate surface area is 153 Å². The van der Waals surface area contributed by atoms with Crippen molar-refractivity contribution in [2.75, 3.05) is 13.1 Å². The standard InChI is InChI=1S/C18H15F2N5O2/c19-18(20)27-17-16(26-11-4-5-22-7-11)24-9-14(25-17)13-8-23-15-10(6-21)2-1-3-12(13)15/h1-3,8-9,11,18,22-23H,4-5,7H2. The SMILES string of the molecule is N#Cc1cccc2c(-c3cnc(OC4CCNC4)c(OC(F)F)n3)c[nH]c12. The molecule has 1 unspecified atom stereocenters. The second-order valence-electron chi connectivity index (χ2n) is 6.02. The van der Waals surface area contributed by atoms with E-state index in [0.717, 1.165) is 18.4 Å². The second kappa shape index (κ2) is 7.17. The van der Waals surface area contributed by atoms with Crippen LogP contribution in [0.3, 0.4) is 0 Å². The predicted octanol–water partition coefficient (Wildman–Crippen LogP) is 2.84. The highest BCUT2D eigenvalue weighted by Crippen LogP contribution is 2.33. The summed E-state index contributed by atoms with van der Waals surface area (Å²) < 4.78 is 35.9. The fourth-order valence-electron chi connectivity index (χ4n) is 3.08. The summed E-state index contributed by atoms with van der Waals surface area (Å²) in [5, 5.41) is 13.1. The molecule has 0 saturated carbocycles. The third-order valence-electron chi connectivity index (χ3n) is 4.32. The molecule has 3 heterocycles. The van der Waals surface area contributed by atoms with Gasteiger partial charge in [0.05, 0.1) is 23.0 Å². The molecule has 1 atom stereocenters. The zero-order valence-electron chi connectivity index (χ0n) is 14.1. The zero-order chi connectivity index (χ0) is 18.8. The van der Waals surface area contributed by atoms with Gasteiger partial charge in [0.2, 0.25) is 0 Å². The van der Waals surface area contributed by atoms with Crippen molar-refractivity contribution in [3.8, 4) is 29.1 Å². The van der Waals surface area contributed by atoms with Crippen LogP contribution in [-0.4, -0.2) is 40.8 Å². The van der Waals surface area contributed by atoms with Gasteiger partial charge in [0.15, 0.2) is 0 Å². The van der Waals surface area contributed by atoms with Crippen molar-refractivity contribution in [2.24, 2.45) is 0 Å². The topological polar surface area (TPSA) is 95.8 Å². The van der Waals surface area contributed by atoms with Crippen molar-refractivity contribution in [3.05, 3.63) is 36.2 Å². The van der Waals surface area contributed by atoms with Crippen molar-refractivity contribution in [2.45, 2.75) is 19.1 Å². The Morgan fingerprint density at radius 3 is 2.93 bits per heavy atom. The van der Waals surface area contributed by atoms with E-state index in [-0.39, 0.29) is 17.9 Å². The summed E-state index contributed by atoms with van der Waals surface area (Å²) in [4.78, 5) is 11.4. The molecule has 1 saturated heterocycles. The minimum atomic E-state index is -3.05. The highest BCUT2D eigenvalue weighted by Gasteiger charge is 2.23. The zero-order valence-corrected chi connectivity index (χ0v) is 14.1. The Bertz CT molecular complexity index is 1010. The highest BCUT2D eigenvalue weighted by molar-refractivity contribution is 5.97. The third kappa shape index (κ3) is 3.39. The second-order valence-corrected chi connectivity index (χ2v) is 6.02. The van der Waals surface area contributed by atoms with E-state index < -0.39 is 6.61 Å². The molecular formula is C18H15F2N5O2. The number of aromatic amines is 1. The van der Waals surface area contributed by atoms with Crippen LogP contribution in [-0.2, 0) is 0 Å². The van der Waals surface area contributed by atoms with Gasteiger partial charge in [0, 0.05) is 23.7 Å². The average Bonchev–Trinajstić information content (AvgIpc) is 3.32. The van der Waals surface area contributed by atoms with Crippen LogP contribution in [0.15, 0.2) is 30.6 Å². The summed E-state index contributed by atoms with van der Waals surface area (Å²) >= 11 is 0. The first-order valence-corrected chi connectivity index (χ1v) is 8.35. The van der Waals surface area contributed by atoms with Gasteiger partial charge in [-0.25, -0.2) is 9.97 Å². The van der Waals surface area contributed by atoms with Gasteiger partial charge in [-0.05, 0) is 19.0 Å². The van der Waals surface area contributed by atoms with Crippen molar-refractivity contribution < 1.29 is 18.3 Å². The number of rotatable bonds is 5. The lowest BCUT2D eigenvalue weighted by molar-refractivity contribution is -0.0555. The number of ether oxygens (including phenoxy) is 2. The molecule has 9 heteroatoms. The summed E-state index contributed by atoms with van der Waals surface area (Å²) in [6.45, 7) is -1.65. The summed E-state index contributed by atoms with van der Waals surface area (Å²) in [5.41, 5.74) is 2.08. The van der Waals surface area contributed by atoms with Gasteiger partial charge >= 0.3 is 6.61 Å². The number of hydrogen-bond donors (Lipinski definition) is 2. The van der Waals surface area contributed by atoms with E-state index in [0.29, 0.717) is 28.9 Å². The number of nitriles is 1. The largest absolute Gasteiger partial charge is 0.469 e. The lowest BCUT2D eigenvalue weighted by Crippen LogP contribution is -2.21. The van der Waals surface area contributed by atoms with Crippen LogP contribution in [0.2, 0.25) is 0 Å². The molecule has 1 aromatic carbocycles. The Balaban J connectivity index is 1.74. The van der Waals surface area contributed by atoms with Gasteiger partial charge in [0.25, 0.3) is 11.8 Å². The van der Waals surface area contributed by atoms with Gasteiger partial charge in [-0.15, -0.1) is 0 Å². The summed E-state index contributed by atoms with van der Waals surface area (Å²) in [7, 11) is 0. The lowest BCUT2D eigenvalue weighted by Gasteiger charge is -2.15. The maximum atomic E-state index is 12.8. The van der Waals surface area contributed by atoms with Crippen molar-refractivity contribution in [3.63, 3.8) is 0 Å². The first-order chi connectivity index (χ1) is 13.2. The Morgan fingerprint density at radius 2 is 2.19 bits per heavy atom. The number of alkyl halides is 2. The van der Waals surface area contributed by atoms with Crippen LogP contribution in [0.1, 0.15) is 12.0 Å². The molecule has 0 amide bonds. The number of halogens is 2. The Kier molecular flexibility index (Phi) is 4.56. The Morgan fingerprint density at radius 1 is 1.30 bits per heavy atom. The maximum absolute atomic E-state index is 12.8. The van der Waals surface area contributed by atoms with Crippen LogP contribution in [0.25, 0.3) is 22.2 Å². The summed E-state index contributed by atoms with van der Waals surface area (Å²) in [5.74, 6) is -0.425. The monoisotopic (exact) mass is 371 g/mol. The van der Waals surface area contributed by atoms with Gasteiger partial charge < -0.3 is 19.8 Å². The van der Waals surface area contributed by atoms with Gasteiger partial charge in [0.1, 0.15) is 12.2 Å². The molecule has 0 aliphatic carbocycles. The molecule has 0 radical (unpaired) electrons. The normalized spacial score (nSPS) is 16.6. The number of hydrogen-bond acceptors (Lipinski definition) is 6. The number of nitrogens with one attached hydrogen (secondary N) is 2. The van der Waals surface area contributed by atoms with E-state index in [4.69, 9.17) is 4.74 Å². The number of fused-ring (bicyclic) bond motifs is 1. The van der Waals surface area contributed by atoms with Crippen molar-refractivity contribution >= 4 is 10.9 Å². The molecule has 2 N–H and O–H groups in total. The minimum Gasteiger partial charge on any atom is -0.469 e. The first-order valence-electron chi connectivity index (χ1n) is 8.35. The third-order valence-corrected chi connectivity index (χ3v) is 4.32. The smallest absolute Gasteiger partial charge is 0.388 e. The molecule has 27 heavy (non-hydrogen) atoms. The molecule has 4 rings (SSSR count). The molecule has 3 aromatic rings. The number of para-hydroxylation sites is 1. The highest BCUT2D eigenvalue weighted by atomic mass is 19.3. The lowest BCUT2D eigenvalue weighted by atomic mass is 10.1. The van der Waals surface area contributed by atoms with Crippen LogP contribution in [0.5, 0.6) is 11.8 Å². The molecule has 2 aromatic heterocycles. The van der Waals surface area contributed by atoms with Crippen molar-refractivity contribution in [1.82, 2.24) is 20.3 Å². The van der Waals surface area contributed by atoms with E-state index in [2.05, 4.69) is 31.1 Å². The van der Waals surface area contributed by atoms with Gasteiger partial charge in [-0.2, -0.15) is 14.0 Å². The number of H-pyrrole nitrogens is 1. The van der Waals surface area contributed by atoms with Crippen LogP contribution in [0.4, 0.5) is 8.78 Å². The number of benzene rings is 1. The van der Waals surface area contributed by atoms with E-state index in [1.807, 2.05) is 6.07 Å². The fraction of sp³-hybridized carbons (Fsp3) is 0.278. The minimum absolute atomic E-state index is 0.0645. The molecule has 138 valence electrons. The van der Waals surface area contributed by atoms with Crippen LogP contribution >= 0.6 is 0 Å². The molecule has 1 aliphatic rings. The van der Waals surface area contributed by atoms with E-state index in [1.165, 1.54) is 6.20 Å².